The largest absolute Gasteiger partial charge is 0.488 e. The molecule has 1 amide bonds. The smallest absolute Gasteiger partial charge is 0.339 e. The molecule has 3 aromatic rings. The average molecular weight is 384 g/mol. The van der Waals surface area contributed by atoms with Crippen LogP contribution < -0.4 is 10.4 Å². The van der Waals surface area contributed by atoms with E-state index in [9.17, 15) is 9.59 Å². The van der Waals surface area contributed by atoms with Crippen LogP contribution >= 0.6 is 11.3 Å². The molecule has 0 aliphatic carbocycles. The lowest BCUT2D eigenvalue weighted by Gasteiger charge is -2.17. The van der Waals surface area contributed by atoms with E-state index in [0.717, 1.165) is 28.1 Å². The molecule has 0 N–H and O–H groups in total. The number of fused-ring (bicyclic) bond motifs is 1. The SMILES string of the molecule is CCc1nc2ccc(C(=O)N3CCC(Oc4cc(C)oc(=O)c4)C3)cc2s1. The van der Waals surface area contributed by atoms with Gasteiger partial charge in [0.25, 0.3) is 5.91 Å². The number of nitrogens with zero attached hydrogens (tertiary/aromatic N) is 2. The zero-order chi connectivity index (χ0) is 19.0. The van der Waals surface area contributed by atoms with Crippen molar-refractivity contribution in [3.63, 3.8) is 0 Å². The number of hydrogen-bond acceptors (Lipinski definition) is 6. The van der Waals surface area contributed by atoms with E-state index in [4.69, 9.17) is 9.15 Å². The van der Waals surface area contributed by atoms with Crippen molar-refractivity contribution in [1.29, 1.82) is 0 Å². The number of thiazole rings is 1. The molecule has 0 saturated carbocycles. The summed E-state index contributed by atoms with van der Waals surface area (Å²) in [7, 11) is 0. The Labute approximate surface area is 160 Å². The maximum atomic E-state index is 12.9. The fraction of sp³-hybridized carbons (Fsp3) is 0.350. The summed E-state index contributed by atoms with van der Waals surface area (Å²) in [6.45, 7) is 4.91. The number of aromatic nitrogens is 1. The Morgan fingerprint density at radius 1 is 1.37 bits per heavy atom. The number of hydrogen-bond donors (Lipinski definition) is 0. The lowest BCUT2D eigenvalue weighted by molar-refractivity contribution is 0.0772. The highest BCUT2D eigenvalue weighted by Crippen LogP contribution is 2.25. The van der Waals surface area contributed by atoms with E-state index in [-0.39, 0.29) is 12.0 Å². The lowest BCUT2D eigenvalue weighted by Crippen LogP contribution is -2.31. The van der Waals surface area contributed by atoms with Crippen molar-refractivity contribution in [2.75, 3.05) is 13.1 Å². The zero-order valence-electron chi connectivity index (χ0n) is 15.2. The van der Waals surface area contributed by atoms with Gasteiger partial charge < -0.3 is 14.1 Å². The van der Waals surface area contributed by atoms with Crippen molar-refractivity contribution in [1.82, 2.24) is 9.88 Å². The van der Waals surface area contributed by atoms with E-state index >= 15 is 0 Å². The molecule has 1 fully saturated rings. The average Bonchev–Trinajstić information content (AvgIpc) is 3.25. The first kappa shape index (κ1) is 17.7. The molecule has 7 heteroatoms. The molecule has 140 valence electrons. The number of likely N-dealkylation sites (tertiary alicyclic amines) is 1. The van der Waals surface area contributed by atoms with Gasteiger partial charge in [0.2, 0.25) is 0 Å². The van der Waals surface area contributed by atoms with E-state index in [1.54, 1.807) is 29.2 Å². The summed E-state index contributed by atoms with van der Waals surface area (Å²) in [5.74, 6) is 0.993. The molecule has 3 heterocycles. The maximum absolute atomic E-state index is 12.9. The van der Waals surface area contributed by atoms with Gasteiger partial charge in [0, 0.05) is 24.6 Å². The number of carbonyl (C=O) groups is 1. The quantitative estimate of drug-likeness (QED) is 0.689. The van der Waals surface area contributed by atoms with Crippen LogP contribution in [0.15, 0.2) is 39.5 Å². The van der Waals surface area contributed by atoms with Crippen LogP contribution in [-0.4, -0.2) is 35.0 Å². The first-order valence-corrected chi connectivity index (χ1v) is 9.80. The summed E-state index contributed by atoms with van der Waals surface area (Å²) < 4.78 is 11.9. The van der Waals surface area contributed by atoms with Gasteiger partial charge in [-0.2, -0.15) is 0 Å². The fourth-order valence-corrected chi connectivity index (χ4v) is 4.23. The second-order valence-electron chi connectivity index (χ2n) is 6.65. The first-order valence-electron chi connectivity index (χ1n) is 8.99. The second kappa shape index (κ2) is 7.15. The minimum Gasteiger partial charge on any atom is -0.488 e. The van der Waals surface area contributed by atoms with Crippen molar-refractivity contribution < 1.29 is 13.9 Å². The van der Waals surface area contributed by atoms with Crippen LogP contribution in [0.1, 0.15) is 34.5 Å². The van der Waals surface area contributed by atoms with E-state index in [0.29, 0.717) is 30.2 Å². The van der Waals surface area contributed by atoms with E-state index in [1.807, 2.05) is 18.2 Å². The standard InChI is InChI=1S/C20H20N2O4S/c1-3-18-21-16-5-4-13(9-17(16)27-18)20(24)22-7-6-14(11-22)26-15-8-12(2)25-19(23)10-15/h4-5,8-10,14H,3,6-7,11H2,1-2H3. The number of aryl methyl sites for hydroxylation is 2. The molecule has 1 saturated heterocycles. The second-order valence-corrected chi connectivity index (χ2v) is 7.76. The molecule has 1 atom stereocenters. The summed E-state index contributed by atoms with van der Waals surface area (Å²) >= 11 is 1.63. The van der Waals surface area contributed by atoms with Gasteiger partial charge >= 0.3 is 5.63 Å². The number of carbonyl (C=O) groups excluding carboxylic acids is 1. The molecule has 27 heavy (non-hydrogen) atoms. The number of rotatable bonds is 4. The molecule has 0 bridgehead atoms. The first-order chi connectivity index (χ1) is 13.0. The molecular weight excluding hydrogens is 364 g/mol. The van der Waals surface area contributed by atoms with Crippen molar-refractivity contribution in [3.8, 4) is 5.75 Å². The zero-order valence-corrected chi connectivity index (χ0v) is 16.0. The summed E-state index contributed by atoms with van der Waals surface area (Å²) in [6, 6.07) is 8.70. The summed E-state index contributed by atoms with van der Waals surface area (Å²) in [6.07, 6.45) is 1.49. The van der Waals surface area contributed by atoms with Gasteiger partial charge in [-0.05, 0) is 31.5 Å². The van der Waals surface area contributed by atoms with Gasteiger partial charge in [-0.15, -0.1) is 11.3 Å². The highest BCUT2D eigenvalue weighted by Gasteiger charge is 2.28. The van der Waals surface area contributed by atoms with Gasteiger partial charge in [0.1, 0.15) is 17.6 Å². The number of benzene rings is 1. The van der Waals surface area contributed by atoms with E-state index < -0.39 is 5.63 Å². The maximum Gasteiger partial charge on any atom is 0.339 e. The molecule has 1 aliphatic rings. The molecule has 0 radical (unpaired) electrons. The third-order valence-corrected chi connectivity index (χ3v) is 5.75. The number of amides is 1. The van der Waals surface area contributed by atoms with Crippen LogP contribution in [0.4, 0.5) is 0 Å². The Kier molecular flexibility index (Phi) is 4.70. The minimum atomic E-state index is -0.430. The van der Waals surface area contributed by atoms with Crippen LogP contribution in [0.3, 0.4) is 0 Å². The van der Waals surface area contributed by atoms with Gasteiger partial charge in [-0.3, -0.25) is 4.79 Å². The molecule has 4 rings (SSSR count). The third kappa shape index (κ3) is 3.73. The molecule has 1 aliphatic heterocycles. The summed E-state index contributed by atoms with van der Waals surface area (Å²) in [5, 5.41) is 1.08. The van der Waals surface area contributed by atoms with Crippen LogP contribution in [0.25, 0.3) is 10.2 Å². The van der Waals surface area contributed by atoms with E-state index in [2.05, 4.69) is 11.9 Å². The fourth-order valence-electron chi connectivity index (χ4n) is 3.28. The topological polar surface area (TPSA) is 72.6 Å². The van der Waals surface area contributed by atoms with Crippen LogP contribution in [-0.2, 0) is 6.42 Å². The Hall–Kier alpha value is -2.67. The Balaban J connectivity index is 1.46. The third-order valence-electron chi connectivity index (χ3n) is 4.58. The van der Waals surface area contributed by atoms with E-state index in [1.165, 1.54) is 6.07 Å². The predicted octanol–water partition coefficient (Wildman–Crippen LogP) is 3.41. The van der Waals surface area contributed by atoms with Crippen molar-refractivity contribution in [3.05, 3.63) is 57.1 Å². The normalized spacial score (nSPS) is 16.8. The molecule has 0 spiro atoms. The van der Waals surface area contributed by atoms with Crippen molar-refractivity contribution >= 4 is 27.5 Å². The Morgan fingerprint density at radius 3 is 3.00 bits per heavy atom. The minimum absolute atomic E-state index is 0.00166. The lowest BCUT2D eigenvalue weighted by atomic mass is 10.2. The Morgan fingerprint density at radius 2 is 2.22 bits per heavy atom. The van der Waals surface area contributed by atoms with Crippen LogP contribution in [0, 0.1) is 6.92 Å². The van der Waals surface area contributed by atoms with Gasteiger partial charge in [-0.1, -0.05) is 6.92 Å². The molecule has 1 unspecified atom stereocenters. The van der Waals surface area contributed by atoms with Gasteiger partial charge in [-0.25, -0.2) is 9.78 Å². The number of ether oxygens (including phenoxy) is 1. The van der Waals surface area contributed by atoms with Gasteiger partial charge in [0.15, 0.2) is 0 Å². The van der Waals surface area contributed by atoms with Crippen molar-refractivity contribution in [2.24, 2.45) is 0 Å². The highest BCUT2D eigenvalue weighted by atomic mass is 32.1. The molecule has 1 aromatic carbocycles. The van der Waals surface area contributed by atoms with Crippen LogP contribution in [0.5, 0.6) is 5.75 Å². The van der Waals surface area contributed by atoms with Gasteiger partial charge in [0.05, 0.1) is 27.8 Å². The predicted molar refractivity (Wildman–Crippen MR) is 104 cm³/mol. The molecular formula is C20H20N2O4S. The summed E-state index contributed by atoms with van der Waals surface area (Å²) in [5.41, 5.74) is 1.18. The molecule has 2 aromatic heterocycles. The highest BCUT2D eigenvalue weighted by molar-refractivity contribution is 7.18. The summed E-state index contributed by atoms with van der Waals surface area (Å²) in [4.78, 5) is 30.7. The monoisotopic (exact) mass is 384 g/mol. The Bertz CT molecular complexity index is 1060. The van der Waals surface area contributed by atoms with Crippen LogP contribution in [0.2, 0.25) is 0 Å². The molecule has 6 nitrogen and oxygen atoms in total. The van der Waals surface area contributed by atoms with Crippen molar-refractivity contribution in [2.45, 2.75) is 32.8 Å².